The maximum Gasteiger partial charge on any atom is 0.119 e. The number of nitriles is 1. The molecule has 0 atom stereocenters. The van der Waals surface area contributed by atoms with Crippen molar-refractivity contribution < 1.29 is 4.74 Å². The van der Waals surface area contributed by atoms with Gasteiger partial charge in [-0.1, -0.05) is 23.7 Å². The Morgan fingerprint density at radius 2 is 2.00 bits per heavy atom. The number of pyridine rings is 1. The maximum absolute atomic E-state index is 8.57. The Bertz CT molecular complexity index is 561. The molecule has 90 valence electrons. The van der Waals surface area contributed by atoms with Crippen molar-refractivity contribution >= 4 is 11.6 Å². The molecule has 0 aliphatic carbocycles. The highest BCUT2D eigenvalue weighted by molar-refractivity contribution is 6.31. The van der Waals surface area contributed by atoms with Crippen LogP contribution in [-0.4, -0.2) is 4.98 Å². The summed E-state index contributed by atoms with van der Waals surface area (Å²) in [5.41, 5.74) is 1.87. The van der Waals surface area contributed by atoms with E-state index in [4.69, 9.17) is 21.6 Å². The van der Waals surface area contributed by atoms with E-state index in [9.17, 15) is 0 Å². The SMILES string of the molecule is N#CCc1ccc(OCc2ccncc2Cl)cc1. The lowest BCUT2D eigenvalue weighted by Gasteiger charge is -2.07. The van der Waals surface area contributed by atoms with E-state index in [1.807, 2.05) is 30.3 Å². The summed E-state index contributed by atoms with van der Waals surface area (Å²) in [5, 5.41) is 9.17. The van der Waals surface area contributed by atoms with Gasteiger partial charge in [0.1, 0.15) is 12.4 Å². The molecule has 0 saturated heterocycles. The Balaban J connectivity index is 1.98. The molecule has 0 N–H and O–H groups in total. The van der Waals surface area contributed by atoms with Gasteiger partial charge in [-0.15, -0.1) is 0 Å². The summed E-state index contributed by atoms with van der Waals surface area (Å²) in [6.45, 7) is 0.402. The van der Waals surface area contributed by atoms with Crippen molar-refractivity contribution in [1.29, 1.82) is 5.26 Å². The molecule has 4 heteroatoms. The first-order valence-electron chi connectivity index (χ1n) is 5.46. The lowest BCUT2D eigenvalue weighted by molar-refractivity contribution is 0.306. The molecule has 0 unspecified atom stereocenters. The number of aromatic nitrogens is 1. The third-order valence-electron chi connectivity index (χ3n) is 2.46. The maximum atomic E-state index is 8.57. The van der Waals surface area contributed by atoms with E-state index in [1.165, 1.54) is 0 Å². The summed E-state index contributed by atoms with van der Waals surface area (Å²) in [4.78, 5) is 3.91. The topological polar surface area (TPSA) is 45.9 Å². The average Bonchev–Trinajstić information content (AvgIpc) is 2.40. The Labute approximate surface area is 111 Å². The molecule has 0 aliphatic rings. The number of nitrogens with zero attached hydrogens (tertiary/aromatic N) is 2. The molecule has 18 heavy (non-hydrogen) atoms. The van der Waals surface area contributed by atoms with Crippen LogP contribution in [0, 0.1) is 11.3 Å². The van der Waals surface area contributed by atoms with E-state index >= 15 is 0 Å². The van der Waals surface area contributed by atoms with Gasteiger partial charge in [-0.3, -0.25) is 4.98 Å². The van der Waals surface area contributed by atoms with Gasteiger partial charge in [0.2, 0.25) is 0 Å². The van der Waals surface area contributed by atoms with Crippen LogP contribution in [0.5, 0.6) is 5.75 Å². The molecule has 1 aromatic carbocycles. The lowest BCUT2D eigenvalue weighted by Crippen LogP contribution is -1.96. The van der Waals surface area contributed by atoms with Crippen LogP contribution >= 0.6 is 11.6 Å². The van der Waals surface area contributed by atoms with Crippen LogP contribution in [0.2, 0.25) is 5.02 Å². The van der Waals surface area contributed by atoms with Crippen LogP contribution in [0.1, 0.15) is 11.1 Å². The molecule has 0 aliphatic heterocycles. The lowest BCUT2D eigenvalue weighted by atomic mass is 10.2. The number of hydrogen-bond donors (Lipinski definition) is 0. The van der Waals surface area contributed by atoms with Gasteiger partial charge in [-0.25, -0.2) is 0 Å². The zero-order chi connectivity index (χ0) is 12.8. The van der Waals surface area contributed by atoms with Crippen molar-refractivity contribution in [3.8, 4) is 11.8 Å². The number of ether oxygens (including phenoxy) is 1. The fraction of sp³-hybridized carbons (Fsp3) is 0.143. The van der Waals surface area contributed by atoms with Crippen molar-refractivity contribution in [3.05, 3.63) is 58.9 Å². The van der Waals surface area contributed by atoms with Crippen LogP contribution in [0.15, 0.2) is 42.7 Å². The second kappa shape index (κ2) is 6.04. The van der Waals surface area contributed by atoms with Gasteiger partial charge in [0.15, 0.2) is 0 Å². The van der Waals surface area contributed by atoms with Crippen molar-refractivity contribution in [3.63, 3.8) is 0 Å². The summed E-state index contributed by atoms with van der Waals surface area (Å²) < 4.78 is 5.61. The third kappa shape index (κ3) is 3.22. The fourth-order valence-electron chi connectivity index (χ4n) is 1.48. The molecular weight excluding hydrogens is 248 g/mol. The summed E-state index contributed by atoms with van der Waals surface area (Å²) in [6.07, 6.45) is 3.69. The number of rotatable bonds is 4. The smallest absolute Gasteiger partial charge is 0.119 e. The van der Waals surface area contributed by atoms with Gasteiger partial charge in [-0.2, -0.15) is 5.26 Å². The van der Waals surface area contributed by atoms with E-state index in [0.717, 1.165) is 16.9 Å². The monoisotopic (exact) mass is 258 g/mol. The first-order valence-corrected chi connectivity index (χ1v) is 5.84. The molecule has 3 nitrogen and oxygen atoms in total. The van der Waals surface area contributed by atoms with E-state index in [-0.39, 0.29) is 0 Å². The summed E-state index contributed by atoms with van der Waals surface area (Å²) in [7, 11) is 0. The second-order valence-corrected chi connectivity index (χ2v) is 4.14. The number of halogens is 1. The predicted octanol–water partition coefficient (Wildman–Crippen LogP) is 3.38. The van der Waals surface area contributed by atoms with Crippen LogP contribution in [0.25, 0.3) is 0 Å². The average molecular weight is 259 g/mol. The highest BCUT2D eigenvalue weighted by atomic mass is 35.5. The molecular formula is C14H11ClN2O. The molecule has 0 saturated carbocycles. The summed E-state index contributed by atoms with van der Waals surface area (Å²) in [6, 6.07) is 11.4. The summed E-state index contributed by atoms with van der Waals surface area (Å²) >= 11 is 5.98. The first-order chi connectivity index (χ1) is 8.79. The fourth-order valence-corrected chi connectivity index (χ4v) is 1.65. The predicted molar refractivity (Wildman–Crippen MR) is 69.3 cm³/mol. The minimum Gasteiger partial charge on any atom is -0.489 e. The Kier molecular flexibility index (Phi) is 4.16. The quantitative estimate of drug-likeness (QED) is 0.845. The normalized spacial score (nSPS) is 9.78. The van der Waals surface area contributed by atoms with Gasteiger partial charge in [0.25, 0.3) is 0 Å². The zero-order valence-corrected chi connectivity index (χ0v) is 10.4. The van der Waals surface area contributed by atoms with E-state index < -0.39 is 0 Å². The molecule has 0 bridgehead atoms. The highest BCUT2D eigenvalue weighted by Crippen LogP contribution is 2.18. The Morgan fingerprint density at radius 1 is 1.22 bits per heavy atom. The van der Waals surface area contributed by atoms with Crippen molar-refractivity contribution in [2.45, 2.75) is 13.0 Å². The first kappa shape index (κ1) is 12.4. The molecule has 0 radical (unpaired) electrons. The van der Waals surface area contributed by atoms with Gasteiger partial charge in [0.05, 0.1) is 17.5 Å². The number of benzene rings is 1. The second-order valence-electron chi connectivity index (χ2n) is 3.73. The van der Waals surface area contributed by atoms with Crippen molar-refractivity contribution in [1.82, 2.24) is 4.98 Å². The van der Waals surface area contributed by atoms with Crippen LogP contribution in [0.4, 0.5) is 0 Å². The standard InChI is InChI=1S/C14H11ClN2O/c15-14-9-17-8-6-12(14)10-18-13-3-1-11(2-4-13)5-7-16/h1-4,6,8-9H,5,10H2. The van der Waals surface area contributed by atoms with Crippen LogP contribution in [-0.2, 0) is 13.0 Å². The van der Waals surface area contributed by atoms with Gasteiger partial charge in [0, 0.05) is 18.0 Å². The van der Waals surface area contributed by atoms with Gasteiger partial charge >= 0.3 is 0 Å². The molecule has 0 fully saturated rings. The van der Waals surface area contributed by atoms with Crippen LogP contribution in [0.3, 0.4) is 0 Å². The highest BCUT2D eigenvalue weighted by Gasteiger charge is 2.01. The van der Waals surface area contributed by atoms with Crippen molar-refractivity contribution in [2.24, 2.45) is 0 Å². The molecule has 2 aromatic rings. The molecule has 2 rings (SSSR count). The minimum atomic E-state index is 0.402. The molecule has 1 heterocycles. The number of hydrogen-bond acceptors (Lipinski definition) is 3. The largest absolute Gasteiger partial charge is 0.489 e. The van der Waals surface area contributed by atoms with E-state index in [2.05, 4.69) is 11.1 Å². The minimum absolute atomic E-state index is 0.402. The Hall–Kier alpha value is -2.05. The van der Waals surface area contributed by atoms with Crippen LogP contribution < -0.4 is 4.74 Å². The van der Waals surface area contributed by atoms with Crippen molar-refractivity contribution in [2.75, 3.05) is 0 Å². The zero-order valence-electron chi connectivity index (χ0n) is 9.64. The molecule has 1 aromatic heterocycles. The summed E-state index contributed by atoms with van der Waals surface area (Å²) in [5.74, 6) is 0.754. The molecule has 0 spiro atoms. The van der Waals surface area contributed by atoms with Gasteiger partial charge in [-0.05, 0) is 23.8 Å². The third-order valence-corrected chi connectivity index (χ3v) is 2.80. The van der Waals surface area contributed by atoms with E-state index in [0.29, 0.717) is 18.1 Å². The molecule has 0 amide bonds. The van der Waals surface area contributed by atoms with E-state index in [1.54, 1.807) is 12.4 Å². The van der Waals surface area contributed by atoms with Gasteiger partial charge < -0.3 is 4.74 Å². The Morgan fingerprint density at radius 3 is 2.67 bits per heavy atom.